The fourth-order valence-electron chi connectivity index (χ4n) is 2.81. The minimum Gasteiger partial charge on any atom is -0.494 e. The number of benzene rings is 2. The van der Waals surface area contributed by atoms with E-state index in [9.17, 15) is 9.59 Å². The van der Waals surface area contributed by atoms with Gasteiger partial charge in [-0.15, -0.1) is 0 Å². The highest BCUT2D eigenvalue weighted by Gasteiger charge is 2.11. The standard InChI is InChI=1S/C24H30O6/c1-2-3-4-5-6-7-17-28-21-12-8-20(9-13-21)24(27)30-22-14-10-19(11-15-22)23(26)29-18-16-25/h8-15,25H,2-7,16-18H2,1H3. The molecule has 0 fully saturated rings. The van der Waals surface area contributed by atoms with Crippen LogP contribution in [0.2, 0.25) is 0 Å². The number of esters is 2. The van der Waals surface area contributed by atoms with Crippen molar-refractivity contribution >= 4 is 11.9 Å². The van der Waals surface area contributed by atoms with Crippen molar-refractivity contribution in [1.82, 2.24) is 0 Å². The summed E-state index contributed by atoms with van der Waals surface area (Å²) < 4.78 is 15.9. The van der Waals surface area contributed by atoms with Gasteiger partial charge in [-0.3, -0.25) is 0 Å². The molecule has 0 saturated heterocycles. The van der Waals surface area contributed by atoms with Crippen LogP contribution in [0.4, 0.5) is 0 Å². The van der Waals surface area contributed by atoms with Crippen LogP contribution in [0.25, 0.3) is 0 Å². The Kier molecular flexibility index (Phi) is 10.4. The molecular formula is C24H30O6. The molecule has 0 saturated carbocycles. The summed E-state index contributed by atoms with van der Waals surface area (Å²) in [5.41, 5.74) is 0.725. The molecule has 6 heteroatoms. The van der Waals surface area contributed by atoms with Crippen molar-refractivity contribution in [2.45, 2.75) is 45.4 Å². The van der Waals surface area contributed by atoms with Gasteiger partial charge in [0.1, 0.15) is 18.1 Å². The average Bonchev–Trinajstić information content (AvgIpc) is 2.77. The molecule has 0 radical (unpaired) electrons. The first-order chi connectivity index (χ1) is 14.6. The Morgan fingerprint density at radius 1 is 0.733 bits per heavy atom. The van der Waals surface area contributed by atoms with E-state index in [0.717, 1.165) is 12.2 Å². The molecule has 0 aliphatic carbocycles. The smallest absolute Gasteiger partial charge is 0.343 e. The van der Waals surface area contributed by atoms with Gasteiger partial charge in [0.25, 0.3) is 0 Å². The van der Waals surface area contributed by atoms with Gasteiger partial charge in [0.15, 0.2) is 0 Å². The molecule has 2 aromatic rings. The monoisotopic (exact) mass is 414 g/mol. The number of carbonyl (C=O) groups is 2. The molecule has 1 N–H and O–H groups in total. The maximum Gasteiger partial charge on any atom is 0.343 e. The van der Waals surface area contributed by atoms with Gasteiger partial charge in [-0.05, 0) is 55.0 Å². The molecule has 6 nitrogen and oxygen atoms in total. The zero-order chi connectivity index (χ0) is 21.6. The van der Waals surface area contributed by atoms with Gasteiger partial charge in [0.05, 0.1) is 24.3 Å². The molecule has 0 aliphatic rings. The minimum atomic E-state index is -0.543. The summed E-state index contributed by atoms with van der Waals surface area (Å²) in [4.78, 5) is 24.0. The first-order valence-electron chi connectivity index (χ1n) is 10.5. The van der Waals surface area contributed by atoms with Crippen molar-refractivity contribution in [1.29, 1.82) is 0 Å². The molecule has 0 spiro atoms. The number of carbonyl (C=O) groups excluding carboxylic acids is 2. The van der Waals surface area contributed by atoms with E-state index in [0.29, 0.717) is 23.5 Å². The molecule has 30 heavy (non-hydrogen) atoms. The van der Waals surface area contributed by atoms with E-state index >= 15 is 0 Å². The van der Waals surface area contributed by atoms with Crippen molar-refractivity contribution in [2.24, 2.45) is 0 Å². The molecule has 2 rings (SSSR count). The van der Waals surface area contributed by atoms with E-state index in [2.05, 4.69) is 6.92 Å². The van der Waals surface area contributed by atoms with E-state index in [1.807, 2.05) is 0 Å². The van der Waals surface area contributed by atoms with Crippen LogP contribution >= 0.6 is 0 Å². The topological polar surface area (TPSA) is 82.1 Å². The third-order valence-electron chi connectivity index (χ3n) is 4.48. The zero-order valence-electron chi connectivity index (χ0n) is 17.5. The molecule has 0 aromatic heterocycles. The van der Waals surface area contributed by atoms with Crippen LogP contribution in [0.15, 0.2) is 48.5 Å². The predicted octanol–water partition coefficient (Wildman–Crippen LogP) is 4.79. The summed E-state index contributed by atoms with van der Waals surface area (Å²) in [7, 11) is 0. The average molecular weight is 414 g/mol. The van der Waals surface area contributed by atoms with Crippen molar-refractivity contribution < 1.29 is 28.9 Å². The second-order valence-electron chi connectivity index (χ2n) is 6.91. The lowest BCUT2D eigenvalue weighted by Crippen LogP contribution is -2.10. The third kappa shape index (κ3) is 8.25. The molecule has 0 amide bonds. The molecule has 0 unspecified atom stereocenters. The van der Waals surface area contributed by atoms with Gasteiger partial charge in [0.2, 0.25) is 0 Å². The van der Waals surface area contributed by atoms with E-state index < -0.39 is 11.9 Å². The maximum absolute atomic E-state index is 12.3. The Bertz CT molecular complexity index is 767. The van der Waals surface area contributed by atoms with Crippen LogP contribution in [0, 0.1) is 0 Å². The van der Waals surface area contributed by atoms with Gasteiger partial charge in [-0.2, -0.15) is 0 Å². The summed E-state index contributed by atoms with van der Waals surface area (Å²) in [5, 5.41) is 8.68. The van der Waals surface area contributed by atoms with E-state index in [1.54, 1.807) is 24.3 Å². The molecule has 0 heterocycles. The lowest BCUT2D eigenvalue weighted by molar-refractivity contribution is 0.0433. The van der Waals surface area contributed by atoms with E-state index in [1.165, 1.54) is 56.4 Å². The number of hydrogen-bond donors (Lipinski definition) is 1. The summed E-state index contributed by atoms with van der Waals surface area (Å²) in [5.74, 6) is 0.0134. The summed E-state index contributed by atoms with van der Waals surface area (Å²) in [6.45, 7) is 2.58. The Labute approximate surface area is 177 Å². The van der Waals surface area contributed by atoms with Crippen LogP contribution in [0.1, 0.15) is 66.2 Å². The zero-order valence-corrected chi connectivity index (χ0v) is 17.5. The highest BCUT2D eigenvalue weighted by Crippen LogP contribution is 2.17. The fraction of sp³-hybridized carbons (Fsp3) is 0.417. The molecule has 0 atom stereocenters. The van der Waals surface area contributed by atoms with Crippen molar-refractivity contribution in [3.05, 3.63) is 59.7 Å². The summed E-state index contributed by atoms with van der Waals surface area (Å²) in [6, 6.07) is 12.9. The van der Waals surface area contributed by atoms with Crippen LogP contribution in [0.5, 0.6) is 11.5 Å². The van der Waals surface area contributed by atoms with Crippen LogP contribution in [0.3, 0.4) is 0 Å². The number of aliphatic hydroxyl groups is 1. The van der Waals surface area contributed by atoms with Gasteiger partial charge in [0, 0.05) is 0 Å². The maximum atomic E-state index is 12.3. The first-order valence-corrected chi connectivity index (χ1v) is 10.5. The second kappa shape index (κ2) is 13.4. The Morgan fingerprint density at radius 2 is 1.30 bits per heavy atom. The number of aliphatic hydroxyl groups excluding tert-OH is 1. The largest absolute Gasteiger partial charge is 0.494 e. The number of unbranched alkanes of at least 4 members (excludes halogenated alkanes) is 5. The van der Waals surface area contributed by atoms with Crippen molar-refractivity contribution in [2.75, 3.05) is 19.8 Å². The van der Waals surface area contributed by atoms with E-state index in [-0.39, 0.29) is 13.2 Å². The summed E-state index contributed by atoms with van der Waals surface area (Å²) in [6.07, 6.45) is 7.26. The van der Waals surface area contributed by atoms with Crippen LogP contribution in [-0.4, -0.2) is 36.9 Å². The van der Waals surface area contributed by atoms with Crippen molar-refractivity contribution in [3.8, 4) is 11.5 Å². The molecule has 0 aliphatic heterocycles. The number of rotatable bonds is 13. The lowest BCUT2D eigenvalue weighted by atomic mass is 10.1. The Hall–Kier alpha value is -2.86. The van der Waals surface area contributed by atoms with Crippen molar-refractivity contribution in [3.63, 3.8) is 0 Å². The predicted molar refractivity (Wildman–Crippen MR) is 114 cm³/mol. The normalized spacial score (nSPS) is 10.5. The SMILES string of the molecule is CCCCCCCCOc1ccc(C(=O)Oc2ccc(C(=O)OCCO)cc2)cc1. The van der Waals surface area contributed by atoms with Gasteiger partial charge in [-0.25, -0.2) is 9.59 Å². The first kappa shape index (κ1) is 23.4. The number of hydrogen-bond acceptors (Lipinski definition) is 6. The molecular weight excluding hydrogens is 384 g/mol. The lowest BCUT2D eigenvalue weighted by Gasteiger charge is -2.08. The van der Waals surface area contributed by atoms with Crippen LogP contribution < -0.4 is 9.47 Å². The van der Waals surface area contributed by atoms with Gasteiger partial charge < -0.3 is 19.3 Å². The Morgan fingerprint density at radius 3 is 1.93 bits per heavy atom. The molecule has 162 valence electrons. The highest BCUT2D eigenvalue weighted by atomic mass is 16.5. The molecule has 2 aromatic carbocycles. The minimum absolute atomic E-state index is 0.0613. The van der Waals surface area contributed by atoms with E-state index in [4.69, 9.17) is 19.3 Å². The van der Waals surface area contributed by atoms with Gasteiger partial charge >= 0.3 is 11.9 Å². The fourth-order valence-corrected chi connectivity index (χ4v) is 2.81. The van der Waals surface area contributed by atoms with Crippen LogP contribution in [-0.2, 0) is 4.74 Å². The molecule has 0 bridgehead atoms. The summed E-state index contributed by atoms with van der Waals surface area (Å²) >= 11 is 0. The number of ether oxygens (including phenoxy) is 3. The quantitative estimate of drug-likeness (QED) is 0.288. The third-order valence-corrected chi connectivity index (χ3v) is 4.48. The highest BCUT2D eigenvalue weighted by molar-refractivity contribution is 5.92. The van der Waals surface area contributed by atoms with Gasteiger partial charge in [-0.1, -0.05) is 39.0 Å². The second-order valence-corrected chi connectivity index (χ2v) is 6.91. The Balaban J connectivity index is 1.77.